The van der Waals surface area contributed by atoms with Crippen LogP contribution in [0.5, 0.6) is 0 Å². The van der Waals surface area contributed by atoms with Gasteiger partial charge in [-0.2, -0.15) is 0 Å². The maximum Gasteiger partial charge on any atom is 0.326 e. The van der Waals surface area contributed by atoms with Crippen molar-refractivity contribution in [2.45, 2.75) is 52.1 Å². The van der Waals surface area contributed by atoms with E-state index < -0.39 is 12.0 Å². The Labute approximate surface area is 103 Å². The van der Waals surface area contributed by atoms with Gasteiger partial charge in [0.25, 0.3) is 0 Å². The second kappa shape index (κ2) is 8.06. The Morgan fingerprint density at radius 1 is 1.35 bits per heavy atom. The van der Waals surface area contributed by atoms with Crippen molar-refractivity contribution in [3.05, 3.63) is 0 Å². The number of aliphatic carboxylic acids is 1. The van der Waals surface area contributed by atoms with E-state index in [2.05, 4.69) is 5.32 Å². The van der Waals surface area contributed by atoms with Crippen LogP contribution in [0.3, 0.4) is 0 Å². The van der Waals surface area contributed by atoms with Crippen molar-refractivity contribution in [3.8, 4) is 0 Å². The average molecular weight is 244 g/mol. The lowest BCUT2D eigenvalue weighted by atomic mass is 10.1. The molecule has 0 aliphatic carbocycles. The van der Waals surface area contributed by atoms with Crippen molar-refractivity contribution < 1.29 is 14.7 Å². The van der Waals surface area contributed by atoms with Crippen LogP contribution in [0.4, 0.5) is 0 Å². The Bertz CT molecular complexity index is 254. The lowest BCUT2D eigenvalue weighted by Crippen LogP contribution is -2.46. The molecule has 0 aliphatic heterocycles. The number of likely N-dealkylation sites (N-methyl/N-ethyl adjacent to an activating group) is 1. The molecule has 0 saturated heterocycles. The number of hydrogen-bond donors (Lipinski definition) is 2. The van der Waals surface area contributed by atoms with Gasteiger partial charge in [0.05, 0.1) is 6.54 Å². The van der Waals surface area contributed by atoms with Crippen LogP contribution < -0.4 is 5.32 Å². The first-order chi connectivity index (χ1) is 7.88. The Hall–Kier alpha value is -1.10. The van der Waals surface area contributed by atoms with Gasteiger partial charge in [-0.25, -0.2) is 4.79 Å². The van der Waals surface area contributed by atoms with Crippen molar-refractivity contribution in [2.24, 2.45) is 0 Å². The number of nitrogens with one attached hydrogen (secondary N) is 1. The van der Waals surface area contributed by atoms with Gasteiger partial charge in [0.2, 0.25) is 5.91 Å². The minimum Gasteiger partial charge on any atom is -0.480 e. The summed E-state index contributed by atoms with van der Waals surface area (Å²) in [6, 6.07) is -0.498. The SMILES string of the molecule is CCCC[C@H](NC(=O)CN(C)C(C)C)C(=O)O. The molecular weight excluding hydrogens is 220 g/mol. The molecule has 2 N–H and O–H groups in total. The Morgan fingerprint density at radius 2 is 1.94 bits per heavy atom. The molecule has 0 radical (unpaired) electrons. The topological polar surface area (TPSA) is 69.6 Å². The summed E-state index contributed by atoms with van der Waals surface area (Å²) in [5, 5.41) is 11.5. The fraction of sp³-hybridized carbons (Fsp3) is 0.833. The largest absolute Gasteiger partial charge is 0.480 e. The quantitative estimate of drug-likeness (QED) is 0.670. The van der Waals surface area contributed by atoms with E-state index in [1.54, 1.807) is 0 Å². The minimum atomic E-state index is -0.959. The average Bonchev–Trinajstić information content (AvgIpc) is 2.23. The molecule has 5 nitrogen and oxygen atoms in total. The number of unbranched alkanes of at least 4 members (excludes halogenated alkanes) is 1. The number of rotatable bonds is 8. The molecule has 5 heteroatoms. The molecule has 0 rings (SSSR count). The van der Waals surface area contributed by atoms with E-state index in [0.29, 0.717) is 6.42 Å². The van der Waals surface area contributed by atoms with Gasteiger partial charge in [-0.15, -0.1) is 0 Å². The first-order valence-electron chi connectivity index (χ1n) is 6.10. The zero-order valence-corrected chi connectivity index (χ0v) is 11.2. The summed E-state index contributed by atoms with van der Waals surface area (Å²) in [4.78, 5) is 24.4. The number of nitrogens with zero attached hydrogens (tertiary/aromatic N) is 1. The van der Waals surface area contributed by atoms with E-state index >= 15 is 0 Å². The highest BCUT2D eigenvalue weighted by atomic mass is 16.4. The van der Waals surface area contributed by atoms with Crippen molar-refractivity contribution in [2.75, 3.05) is 13.6 Å². The molecule has 0 aliphatic rings. The molecule has 0 heterocycles. The smallest absolute Gasteiger partial charge is 0.326 e. The summed E-state index contributed by atoms with van der Waals surface area (Å²) in [5.41, 5.74) is 0. The fourth-order valence-corrected chi connectivity index (χ4v) is 1.31. The molecule has 0 unspecified atom stereocenters. The molecular formula is C12H24N2O3. The molecule has 1 atom stereocenters. The van der Waals surface area contributed by atoms with Crippen LogP contribution in [0.1, 0.15) is 40.0 Å². The Kier molecular flexibility index (Phi) is 7.54. The van der Waals surface area contributed by atoms with Crippen molar-refractivity contribution in [1.29, 1.82) is 0 Å². The number of hydrogen-bond acceptors (Lipinski definition) is 3. The number of carbonyl (C=O) groups excluding carboxylic acids is 1. The second-order valence-electron chi connectivity index (χ2n) is 4.61. The van der Waals surface area contributed by atoms with E-state index in [4.69, 9.17) is 5.11 Å². The van der Waals surface area contributed by atoms with Crippen molar-refractivity contribution >= 4 is 11.9 Å². The molecule has 0 fully saturated rings. The van der Waals surface area contributed by atoms with Gasteiger partial charge in [0.1, 0.15) is 6.04 Å². The van der Waals surface area contributed by atoms with Crippen molar-refractivity contribution in [3.63, 3.8) is 0 Å². The monoisotopic (exact) mass is 244 g/mol. The number of carboxylic acids is 1. The fourth-order valence-electron chi connectivity index (χ4n) is 1.31. The highest BCUT2D eigenvalue weighted by molar-refractivity contribution is 5.84. The molecule has 1 amide bonds. The molecule has 0 bridgehead atoms. The van der Waals surface area contributed by atoms with E-state index in [0.717, 1.165) is 12.8 Å². The van der Waals surface area contributed by atoms with Crippen LogP contribution in [-0.4, -0.2) is 47.6 Å². The molecule has 0 spiro atoms. The van der Waals surface area contributed by atoms with Gasteiger partial charge in [0, 0.05) is 6.04 Å². The zero-order valence-electron chi connectivity index (χ0n) is 11.2. The molecule has 0 saturated carbocycles. The first-order valence-corrected chi connectivity index (χ1v) is 6.10. The predicted octanol–water partition coefficient (Wildman–Crippen LogP) is 1.09. The molecule has 0 aromatic rings. The third kappa shape index (κ3) is 6.94. The number of carbonyl (C=O) groups is 2. The maximum atomic E-state index is 11.6. The van der Waals surface area contributed by atoms with Gasteiger partial charge < -0.3 is 10.4 Å². The van der Waals surface area contributed by atoms with Crippen molar-refractivity contribution in [1.82, 2.24) is 10.2 Å². The van der Waals surface area contributed by atoms with E-state index in [-0.39, 0.29) is 18.5 Å². The van der Waals surface area contributed by atoms with Gasteiger partial charge >= 0.3 is 5.97 Å². The molecule has 17 heavy (non-hydrogen) atoms. The van der Waals surface area contributed by atoms with E-state index in [1.807, 2.05) is 32.7 Å². The summed E-state index contributed by atoms with van der Waals surface area (Å²) >= 11 is 0. The molecule has 0 aromatic carbocycles. The van der Waals surface area contributed by atoms with Crippen LogP contribution >= 0.6 is 0 Å². The summed E-state index contributed by atoms with van der Waals surface area (Å²) in [6.45, 7) is 6.19. The predicted molar refractivity (Wildman–Crippen MR) is 66.9 cm³/mol. The Balaban J connectivity index is 4.16. The van der Waals surface area contributed by atoms with Gasteiger partial charge in [-0.1, -0.05) is 19.8 Å². The number of carboxylic acid groups (broad SMARTS) is 1. The van der Waals surface area contributed by atoms with Crippen LogP contribution in [-0.2, 0) is 9.59 Å². The normalized spacial score (nSPS) is 12.8. The van der Waals surface area contributed by atoms with Crippen LogP contribution in [0.2, 0.25) is 0 Å². The molecule has 100 valence electrons. The van der Waals surface area contributed by atoms with Gasteiger partial charge in [-0.05, 0) is 27.3 Å². The highest BCUT2D eigenvalue weighted by Gasteiger charge is 2.20. The third-order valence-corrected chi connectivity index (χ3v) is 2.75. The van der Waals surface area contributed by atoms with Gasteiger partial charge in [0.15, 0.2) is 0 Å². The van der Waals surface area contributed by atoms with E-state index in [9.17, 15) is 9.59 Å². The van der Waals surface area contributed by atoms with Crippen LogP contribution in [0.25, 0.3) is 0 Å². The lowest BCUT2D eigenvalue weighted by molar-refractivity contribution is -0.142. The zero-order chi connectivity index (χ0) is 13.4. The summed E-state index contributed by atoms with van der Waals surface area (Å²) in [6.07, 6.45) is 2.21. The first kappa shape index (κ1) is 15.9. The van der Waals surface area contributed by atoms with Gasteiger partial charge in [-0.3, -0.25) is 9.69 Å². The standard InChI is InChI=1S/C12H24N2O3/c1-5-6-7-10(12(16)17)13-11(15)8-14(4)9(2)3/h9-10H,5-8H2,1-4H3,(H,13,15)(H,16,17)/t10-/m0/s1. The van der Waals surface area contributed by atoms with E-state index in [1.165, 1.54) is 0 Å². The summed E-state index contributed by atoms with van der Waals surface area (Å²) < 4.78 is 0. The van der Waals surface area contributed by atoms with Crippen LogP contribution in [0, 0.1) is 0 Å². The highest BCUT2D eigenvalue weighted by Crippen LogP contribution is 2.01. The van der Waals surface area contributed by atoms with Crippen LogP contribution in [0.15, 0.2) is 0 Å². The summed E-state index contributed by atoms with van der Waals surface area (Å²) in [5.74, 6) is -1.19. The lowest BCUT2D eigenvalue weighted by Gasteiger charge is -2.21. The number of amides is 1. The second-order valence-corrected chi connectivity index (χ2v) is 4.61. The maximum absolute atomic E-state index is 11.6. The minimum absolute atomic E-state index is 0.230. The molecule has 0 aromatic heterocycles. The summed E-state index contributed by atoms with van der Waals surface area (Å²) in [7, 11) is 1.84. The Morgan fingerprint density at radius 3 is 2.35 bits per heavy atom. The third-order valence-electron chi connectivity index (χ3n) is 2.75.